The second-order valence-corrected chi connectivity index (χ2v) is 4.55. The lowest BCUT2D eigenvalue weighted by molar-refractivity contribution is -0.0470. The smallest absolute Gasteiger partial charge is 0.105 e. The molecule has 6 N–H and O–H groups in total. The standard InChI is InChI=1S/C15H29N3O3/c1-4-12(16)7-19-10-15(21-9-14(18)6-3)11-20-8-13(17)5-2/h4-6,15H,7-11,16-18H2,1-3H3/b12-4-,13-5-,14-6-. The molecule has 0 saturated carbocycles. The van der Waals surface area contributed by atoms with Gasteiger partial charge in [-0.1, -0.05) is 18.2 Å². The first-order chi connectivity index (χ1) is 10.0. The molecule has 0 aliphatic carbocycles. The molecule has 0 aliphatic rings. The van der Waals surface area contributed by atoms with Crippen LogP contribution in [0, 0.1) is 0 Å². The highest BCUT2D eigenvalue weighted by atomic mass is 16.6. The Kier molecular flexibility index (Phi) is 11.4. The van der Waals surface area contributed by atoms with Gasteiger partial charge in [0.05, 0.1) is 33.0 Å². The lowest BCUT2D eigenvalue weighted by atomic mass is 10.3. The fourth-order valence-electron chi connectivity index (χ4n) is 1.22. The number of allylic oxidation sites excluding steroid dienone is 3. The average molecular weight is 299 g/mol. The molecule has 0 unspecified atom stereocenters. The minimum Gasteiger partial charge on any atom is -0.400 e. The van der Waals surface area contributed by atoms with E-state index < -0.39 is 0 Å². The summed E-state index contributed by atoms with van der Waals surface area (Å²) >= 11 is 0. The number of hydrogen-bond acceptors (Lipinski definition) is 6. The van der Waals surface area contributed by atoms with Crippen molar-refractivity contribution < 1.29 is 14.2 Å². The van der Waals surface area contributed by atoms with Gasteiger partial charge in [0.2, 0.25) is 0 Å². The summed E-state index contributed by atoms with van der Waals surface area (Å²) in [5.74, 6) is 0. The maximum Gasteiger partial charge on any atom is 0.105 e. The third kappa shape index (κ3) is 10.9. The SMILES string of the molecule is C/C=C(\N)COCC(COC/C(N)=C/C)OC/C(N)=C/C. The van der Waals surface area contributed by atoms with Crippen LogP contribution in [0.3, 0.4) is 0 Å². The van der Waals surface area contributed by atoms with E-state index in [9.17, 15) is 0 Å². The van der Waals surface area contributed by atoms with E-state index in [1.54, 1.807) is 18.2 Å². The zero-order valence-corrected chi connectivity index (χ0v) is 13.3. The Balaban J connectivity index is 4.20. The molecule has 0 rings (SSSR count). The largest absolute Gasteiger partial charge is 0.400 e. The molecule has 0 atom stereocenters. The molecule has 0 amide bonds. The van der Waals surface area contributed by atoms with Crippen LogP contribution in [-0.4, -0.2) is 39.1 Å². The van der Waals surface area contributed by atoms with Gasteiger partial charge in [0.15, 0.2) is 0 Å². The predicted molar refractivity (Wildman–Crippen MR) is 85.2 cm³/mol. The van der Waals surface area contributed by atoms with E-state index in [1.807, 2.05) is 20.8 Å². The highest BCUT2D eigenvalue weighted by Crippen LogP contribution is 2.00. The molecule has 21 heavy (non-hydrogen) atoms. The first kappa shape index (κ1) is 19.5. The van der Waals surface area contributed by atoms with Crippen LogP contribution in [0.25, 0.3) is 0 Å². The Hall–Kier alpha value is -1.50. The molecule has 0 saturated heterocycles. The number of hydrogen-bond donors (Lipinski definition) is 3. The molecule has 0 bridgehead atoms. The molecule has 6 nitrogen and oxygen atoms in total. The van der Waals surface area contributed by atoms with E-state index >= 15 is 0 Å². The maximum atomic E-state index is 5.71. The van der Waals surface area contributed by atoms with Gasteiger partial charge in [-0.2, -0.15) is 0 Å². The fraction of sp³-hybridized carbons (Fsp3) is 0.600. The van der Waals surface area contributed by atoms with E-state index in [0.29, 0.717) is 50.1 Å². The van der Waals surface area contributed by atoms with Gasteiger partial charge >= 0.3 is 0 Å². The molecule has 0 aliphatic heterocycles. The molecule has 122 valence electrons. The van der Waals surface area contributed by atoms with E-state index in [0.717, 1.165) is 0 Å². The van der Waals surface area contributed by atoms with Crippen LogP contribution in [0.4, 0.5) is 0 Å². The minimum absolute atomic E-state index is 0.224. The Morgan fingerprint density at radius 2 is 1.14 bits per heavy atom. The van der Waals surface area contributed by atoms with Crippen molar-refractivity contribution in [1.82, 2.24) is 0 Å². The van der Waals surface area contributed by atoms with Crippen molar-refractivity contribution in [2.24, 2.45) is 17.2 Å². The van der Waals surface area contributed by atoms with Gasteiger partial charge in [-0.05, 0) is 20.8 Å². The average Bonchev–Trinajstić information content (AvgIpc) is 2.50. The van der Waals surface area contributed by atoms with Crippen molar-refractivity contribution in [3.05, 3.63) is 35.3 Å². The van der Waals surface area contributed by atoms with Crippen molar-refractivity contribution in [3.63, 3.8) is 0 Å². The van der Waals surface area contributed by atoms with Gasteiger partial charge in [0, 0.05) is 17.1 Å². The van der Waals surface area contributed by atoms with Crippen molar-refractivity contribution in [2.75, 3.05) is 33.0 Å². The quantitative estimate of drug-likeness (QED) is 0.525. The molecule has 0 aromatic rings. The van der Waals surface area contributed by atoms with E-state index in [-0.39, 0.29) is 6.10 Å². The zero-order chi connectivity index (χ0) is 16.1. The Labute approximate surface area is 127 Å². The molecule has 6 heteroatoms. The van der Waals surface area contributed by atoms with Gasteiger partial charge in [-0.15, -0.1) is 0 Å². The molecular weight excluding hydrogens is 270 g/mol. The number of ether oxygens (including phenoxy) is 3. The van der Waals surface area contributed by atoms with Crippen LogP contribution in [0.15, 0.2) is 35.3 Å². The van der Waals surface area contributed by atoms with Crippen molar-refractivity contribution in [1.29, 1.82) is 0 Å². The molecule has 0 radical (unpaired) electrons. The summed E-state index contributed by atoms with van der Waals surface area (Å²) in [5, 5.41) is 0. The highest BCUT2D eigenvalue weighted by Gasteiger charge is 2.11. The van der Waals surface area contributed by atoms with Crippen molar-refractivity contribution in [3.8, 4) is 0 Å². The van der Waals surface area contributed by atoms with E-state index in [1.165, 1.54) is 0 Å². The Morgan fingerprint density at radius 3 is 1.52 bits per heavy atom. The van der Waals surface area contributed by atoms with E-state index in [4.69, 9.17) is 31.4 Å². The Morgan fingerprint density at radius 1 is 0.762 bits per heavy atom. The second kappa shape index (κ2) is 12.3. The summed E-state index contributed by atoms with van der Waals surface area (Å²) in [5.41, 5.74) is 19.1. The monoisotopic (exact) mass is 299 g/mol. The second-order valence-electron chi connectivity index (χ2n) is 4.55. The summed E-state index contributed by atoms with van der Waals surface area (Å²) in [6.45, 7) is 7.42. The predicted octanol–water partition coefficient (Wildman–Crippen LogP) is 0.992. The molecule has 0 fully saturated rings. The van der Waals surface area contributed by atoms with Crippen LogP contribution in [0.2, 0.25) is 0 Å². The Bertz CT molecular complexity index is 341. The topological polar surface area (TPSA) is 106 Å². The summed E-state index contributed by atoms with van der Waals surface area (Å²) in [4.78, 5) is 0. The van der Waals surface area contributed by atoms with Gasteiger partial charge < -0.3 is 31.4 Å². The minimum atomic E-state index is -0.224. The van der Waals surface area contributed by atoms with Gasteiger partial charge in [0.1, 0.15) is 6.10 Å². The van der Waals surface area contributed by atoms with Gasteiger partial charge in [0.25, 0.3) is 0 Å². The molecule has 0 aromatic heterocycles. The first-order valence-electron chi connectivity index (χ1n) is 7.02. The third-order valence-electron chi connectivity index (χ3n) is 2.74. The highest BCUT2D eigenvalue weighted by molar-refractivity contribution is 4.95. The summed E-state index contributed by atoms with van der Waals surface area (Å²) in [6, 6.07) is 0. The van der Waals surface area contributed by atoms with Crippen LogP contribution >= 0.6 is 0 Å². The lowest BCUT2D eigenvalue weighted by Gasteiger charge is -2.18. The fourth-order valence-corrected chi connectivity index (χ4v) is 1.22. The van der Waals surface area contributed by atoms with Crippen molar-refractivity contribution in [2.45, 2.75) is 26.9 Å². The number of nitrogens with two attached hydrogens (primary N) is 3. The lowest BCUT2D eigenvalue weighted by Crippen LogP contribution is -2.29. The molecule has 0 aromatic carbocycles. The summed E-state index contributed by atoms with van der Waals surface area (Å²) in [7, 11) is 0. The third-order valence-corrected chi connectivity index (χ3v) is 2.74. The van der Waals surface area contributed by atoms with Crippen LogP contribution in [0.5, 0.6) is 0 Å². The molecule has 0 spiro atoms. The molecule has 0 heterocycles. The van der Waals surface area contributed by atoms with Gasteiger partial charge in [-0.25, -0.2) is 0 Å². The van der Waals surface area contributed by atoms with Crippen LogP contribution < -0.4 is 17.2 Å². The normalized spacial score (nSPS) is 15.3. The van der Waals surface area contributed by atoms with Crippen LogP contribution in [-0.2, 0) is 14.2 Å². The van der Waals surface area contributed by atoms with Crippen molar-refractivity contribution >= 4 is 0 Å². The maximum absolute atomic E-state index is 5.71. The van der Waals surface area contributed by atoms with E-state index in [2.05, 4.69) is 0 Å². The van der Waals surface area contributed by atoms with Gasteiger partial charge in [-0.3, -0.25) is 0 Å². The summed E-state index contributed by atoms with van der Waals surface area (Å²) < 4.78 is 16.6. The zero-order valence-electron chi connectivity index (χ0n) is 13.3. The van der Waals surface area contributed by atoms with Crippen LogP contribution in [0.1, 0.15) is 20.8 Å². The molecular formula is C15H29N3O3. The number of rotatable bonds is 11. The first-order valence-corrected chi connectivity index (χ1v) is 7.02. The summed E-state index contributed by atoms with van der Waals surface area (Å²) in [6.07, 6.45) is 5.18.